The average molecular weight is 277 g/mol. The van der Waals surface area contributed by atoms with E-state index in [4.69, 9.17) is 5.11 Å². The van der Waals surface area contributed by atoms with Crippen LogP contribution in [0.4, 0.5) is 0 Å². The number of amides is 1. The van der Waals surface area contributed by atoms with Gasteiger partial charge in [-0.25, -0.2) is 0 Å². The first kappa shape index (κ1) is 14.5. The molecule has 1 aromatic rings. The largest absolute Gasteiger partial charge is 0.481 e. The Morgan fingerprint density at radius 2 is 2.20 bits per heavy atom. The van der Waals surface area contributed by atoms with Crippen LogP contribution in [0.25, 0.3) is 0 Å². The minimum Gasteiger partial charge on any atom is -0.481 e. The number of carboxylic acids is 1. The summed E-state index contributed by atoms with van der Waals surface area (Å²) in [5, 5.41) is 21.7. The van der Waals surface area contributed by atoms with Crippen LogP contribution in [0.5, 0.6) is 0 Å². The molecular weight excluding hydrogens is 258 g/mol. The van der Waals surface area contributed by atoms with Gasteiger partial charge in [0.2, 0.25) is 0 Å². The summed E-state index contributed by atoms with van der Waals surface area (Å²) in [6, 6.07) is 5.39. The number of carbonyl (C=O) groups excluding carboxylic acids is 1. The molecule has 1 heterocycles. The Balaban J connectivity index is 2.10. The van der Waals surface area contributed by atoms with E-state index in [1.807, 2.05) is 12.1 Å². The number of hydrogen-bond acceptors (Lipinski definition) is 3. The highest BCUT2D eigenvalue weighted by Crippen LogP contribution is 2.26. The van der Waals surface area contributed by atoms with Gasteiger partial charge in [-0.3, -0.25) is 9.59 Å². The molecule has 0 aliphatic carbocycles. The standard InChI is InChI=1S/C15H19NO4/c1-9(7-14(18)19)6-13(17)11-3-2-10-4-5-16-15(20)12(10)8-11/h2-3,8-9,13,17H,4-7H2,1H3,(H,16,20)(H,18,19). The molecule has 1 aliphatic heterocycles. The number of hydrogen-bond donors (Lipinski definition) is 3. The second-order valence-corrected chi connectivity index (χ2v) is 5.38. The summed E-state index contributed by atoms with van der Waals surface area (Å²) in [5.74, 6) is -1.10. The molecule has 3 N–H and O–H groups in total. The van der Waals surface area contributed by atoms with Gasteiger partial charge < -0.3 is 15.5 Å². The molecule has 2 unspecified atom stereocenters. The van der Waals surface area contributed by atoms with Crippen LogP contribution >= 0.6 is 0 Å². The van der Waals surface area contributed by atoms with Crippen molar-refractivity contribution in [2.45, 2.75) is 32.3 Å². The Morgan fingerprint density at radius 3 is 2.90 bits per heavy atom. The van der Waals surface area contributed by atoms with E-state index in [0.29, 0.717) is 24.1 Å². The normalized spacial score (nSPS) is 17.0. The number of benzene rings is 1. The number of rotatable bonds is 5. The van der Waals surface area contributed by atoms with Crippen LogP contribution in [0.15, 0.2) is 18.2 Å². The Kier molecular flexibility index (Phi) is 4.39. The third kappa shape index (κ3) is 3.36. The highest BCUT2D eigenvalue weighted by molar-refractivity contribution is 5.96. The molecule has 5 heteroatoms. The highest BCUT2D eigenvalue weighted by atomic mass is 16.4. The highest BCUT2D eigenvalue weighted by Gasteiger charge is 2.20. The van der Waals surface area contributed by atoms with E-state index < -0.39 is 12.1 Å². The van der Waals surface area contributed by atoms with E-state index in [1.54, 1.807) is 13.0 Å². The zero-order valence-corrected chi connectivity index (χ0v) is 11.4. The molecule has 0 saturated carbocycles. The summed E-state index contributed by atoms with van der Waals surface area (Å²) in [5.41, 5.74) is 2.26. The lowest BCUT2D eigenvalue weighted by Gasteiger charge is -2.20. The first-order valence-electron chi connectivity index (χ1n) is 6.78. The van der Waals surface area contributed by atoms with Gasteiger partial charge in [0.1, 0.15) is 0 Å². The molecule has 2 rings (SSSR count). The Labute approximate surface area is 117 Å². The third-order valence-electron chi connectivity index (χ3n) is 3.59. The van der Waals surface area contributed by atoms with Gasteiger partial charge in [-0.1, -0.05) is 19.1 Å². The fraction of sp³-hybridized carbons (Fsp3) is 0.467. The van der Waals surface area contributed by atoms with Gasteiger partial charge in [0.05, 0.1) is 6.10 Å². The quantitative estimate of drug-likeness (QED) is 0.761. The maximum absolute atomic E-state index is 11.8. The molecule has 0 bridgehead atoms. The monoisotopic (exact) mass is 277 g/mol. The van der Waals surface area contributed by atoms with Crippen molar-refractivity contribution in [2.24, 2.45) is 5.92 Å². The van der Waals surface area contributed by atoms with E-state index in [-0.39, 0.29) is 18.2 Å². The summed E-state index contributed by atoms with van der Waals surface area (Å²) < 4.78 is 0. The zero-order valence-electron chi connectivity index (χ0n) is 11.4. The van der Waals surface area contributed by atoms with Crippen molar-refractivity contribution in [3.8, 4) is 0 Å². The van der Waals surface area contributed by atoms with Crippen molar-refractivity contribution in [3.63, 3.8) is 0 Å². The molecule has 5 nitrogen and oxygen atoms in total. The van der Waals surface area contributed by atoms with E-state index >= 15 is 0 Å². The van der Waals surface area contributed by atoms with Gasteiger partial charge in [-0.2, -0.15) is 0 Å². The van der Waals surface area contributed by atoms with Crippen molar-refractivity contribution in [1.29, 1.82) is 0 Å². The maximum Gasteiger partial charge on any atom is 0.303 e. The number of aliphatic carboxylic acids is 1. The maximum atomic E-state index is 11.8. The van der Waals surface area contributed by atoms with E-state index in [1.165, 1.54) is 0 Å². The van der Waals surface area contributed by atoms with Gasteiger partial charge in [0.25, 0.3) is 5.91 Å². The zero-order chi connectivity index (χ0) is 14.7. The van der Waals surface area contributed by atoms with Gasteiger partial charge in [-0.05, 0) is 36.0 Å². The van der Waals surface area contributed by atoms with Crippen LogP contribution < -0.4 is 5.32 Å². The van der Waals surface area contributed by atoms with Crippen LogP contribution in [0.1, 0.15) is 47.4 Å². The summed E-state index contributed by atoms with van der Waals surface area (Å²) in [6.07, 6.45) is 0.451. The van der Waals surface area contributed by atoms with Crippen molar-refractivity contribution >= 4 is 11.9 Å². The van der Waals surface area contributed by atoms with Gasteiger partial charge >= 0.3 is 5.97 Å². The van der Waals surface area contributed by atoms with Crippen LogP contribution in [0.2, 0.25) is 0 Å². The van der Waals surface area contributed by atoms with E-state index in [0.717, 1.165) is 12.0 Å². The fourth-order valence-corrected chi connectivity index (χ4v) is 2.54. The van der Waals surface area contributed by atoms with Gasteiger partial charge in [-0.15, -0.1) is 0 Å². The lowest BCUT2D eigenvalue weighted by molar-refractivity contribution is -0.138. The van der Waals surface area contributed by atoms with Crippen molar-refractivity contribution in [3.05, 3.63) is 34.9 Å². The molecule has 0 spiro atoms. The molecule has 20 heavy (non-hydrogen) atoms. The lowest BCUT2D eigenvalue weighted by Crippen LogP contribution is -2.31. The second kappa shape index (κ2) is 6.05. The topological polar surface area (TPSA) is 86.6 Å². The molecule has 2 atom stereocenters. The molecule has 0 radical (unpaired) electrons. The molecule has 108 valence electrons. The Morgan fingerprint density at radius 1 is 1.45 bits per heavy atom. The van der Waals surface area contributed by atoms with Crippen LogP contribution in [-0.4, -0.2) is 28.6 Å². The van der Waals surface area contributed by atoms with Crippen molar-refractivity contribution in [2.75, 3.05) is 6.54 Å². The van der Waals surface area contributed by atoms with Crippen LogP contribution in [0.3, 0.4) is 0 Å². The average Bonchev–Trinajstić information content (AvgIpc) is 2.37. The number of nitrogens with one attached hydrogen (secondary N) is 1. The first-order chi connectivity index (χ1) is 9.47. The molecule has 1 aromatic carbocycles. The molecule has 1 aliphatic rings. The first-order valence-corrected chi connectivity index (χ1v) is 6.78. The molecule has 0 aromatic heterocycles. The predicted molar refractivity (Wildman–Crippen MR) is 73.5 cm³/mol. The summed E-state index contributed by atoms with van der Waals surface area (Å²) >= 11 is 0. The SMILES string of the molecule is CC(CC(=O)O)CC(O)c1ccc2c(c1)C(=O)NCC2. The number of carboxylic acid groups (broad SMARTS) is 1. The number of carbonyl (C=O) groups is 2. The third-order valence-corrected chi connectivity index (χ3v) is 3.59. The summed E-state index contributed by atoms with van der Waals surface area (Å²) in [4.78, 5) is 22.4. The van der Waals surface area contributed by atoms with Gasteiger partial charge in [0.15, 0.2) is 0 Å². The van der Waals surface area contributed by atoms with E-state index in [2.05, 4.69) is 5.32 Å². The Bertz CT molecular complexity index is 527. The predicted octanol–water partition coefficient (Wildman–Crippen LogP) is 1.51. The second-order valence-electron chi connectivity index (χ2n) is 5.38. The van der Waals surface area contributed by atoms with E-state index in [9.17, 15) is 14.7 Å². The summed E-state index contributed by atoms with van der Waals surface area (Å²) in [7, 11) is 0. The van der Waals surface area contributed by atoms with Gasteiger partial charge in [0, 0.05) is 18.5 Å². The van der Waals surface area contributed by atoms with Crippen molar-refractivity contribution < 1.29 is 19.8 Å². The molecular formula is C15H19NO4. The molecule has 1 amide bonds. The van der Waals surface area contributed by atoms with Crippen LogP contribution in [0, 0.1) is 5.92 Å². The number of aliphatic hydroxyl groups is 1. The fourth-order valence-electron chi connectivity index (χ4n) is 2.54. The smallest absolute Gasteiger partial charge is 0.303 e. The minimum absolute atomic E-state index is 0.0302. The number of aliphatic hydroxyl groups excluding tert-OH is 1. The molecule has 0 saturated heterocycles. The number of fused-ring (bicyclic) bond motifs is 1. The Hall–Kier alpha value is -1.88. The summed E-state index contributed by atoms with van der Waals surface area (Å²) in [6.45, 7) is 2.44. The van der Waals surface area contributed by atoms with Crippen LogP contribution in [-0.2, 0) is 11.2 Å². The lowest BCUT2D eigenvalue weighted by atomic mass is 9.92. The molecule has 0 fully saturated rings. The minimum atomic E-state index is -0.866. The van der Waals surface area contributed by atoms with Crippen molar-refractivity contribution in [1.82, 2.24) is 5.32 Å².